The first-order valence-electron chi connectivity index (χ1n) is 4.32. The van der Waals surface area contributed by atoms with E-state index >= 15 is 0 Å². The molecule has 16 heavy (non-hydrogen) atoms. The lowest BCUT2D eigenvalue weighted by molar-refractivity contribution is 0.103. The smallest absolute Gasteiger partial charge is 0.204 e. The van der Waals surface area contributed by atoms with Gasteiger partial charge in [0.05, 0.1) is 21.9 Å². The van der Waals surface area contributed by atoms with Crippen molar-refractivity contribution in [3.63, 3.8) is 0 Å². The maximum Gasteiger partial charge on any atom is 0.204 e. The first kappa shape index (κ1) is 11.5. The second kappa shape index (κ2) is 4.50. The molecule has 5 heteroatoms. The lowest BCUT2D eigenvalue weighted by Crippen LogP contribution is -2.00. The van der Waals surface area contributed by atoms with E-state index in [1.807, 2.05) is 0 Å². The molecule has 0 N–H and O–H groups in total. The quantitative estimate of drug-likeness (QED) is 0.757. The molecule has 0 aliphatic heterocycles. The zero-order valence-electron chi connectivity index (χ0n) is 7.84. The second-order valence-corrected chi connectivity index (χ2v) is 4.22. The molecule has 0 unspecified atom stereocenters. The summed E-state index contributed by atoms with van der Waals surface area (Å²) in [6, 6.07) is 6.15. The van der Waals surface area contributed by atoms with Gasteiger partial charge in [0.1, 0.15) is 0 Å². The van der Waals surface area contributed by atoms with Gasteiger partial charge in [0.2, 0.25) is 5.22 Å². The molecule has 0 aliphatic carbocycles. The van der Waals surface area contributed by atoms with Crippen molar-refractivity contribution in [1.29, 1.82) is 0 Å². The molecular weight excluding hydrogens is 270 g/mol. The van der Waals surface area contributed by atoms with Crippen LogP contribution in [0, 0.1) is 0 Å². The van der Waals surface area contributed by atoms with Crippen LogP contribution in [0.2, 0.25) is 15.3 Å². The number of halogens is 3. The fourth-order valence-electron chi connectivity index (χ4n) is 1.25. The third-order valence-corrected chi connectivity index (χ3v) is 3.08. The highest BCUT2D eigenvalue weighted by Gasteiger charge is 2.15. The maximum atomic E-state index is 11.9. The van der Waals surface area contributed by atoms with Crippen molar-refractivity contribution < 1.29 is 9.21 Å². The van der Waals surface area contributed by atoms with Crippen LogP contribution in [0.5, 0.6) is 0 Å². The lowest BCUT2D eigenvalue weighted by atomic mass is 10.1. The molecule has 2 rings (SSSR count). The molecule has 0 atom stereocenters. The molecule has 0 aliphatic rings. The molecule has 1 aromatic carbocycles. The average Bonchev–Trinajstić information content (AvgIpc) is 2.67. The molecular formula is C11H5Cl3O2. The first-order chi connectivity index (χ1) is 7.59. The molecule has 82 valence electrons. The van der Waals surface area contributed by atoms with Crippen LogP contribution in [-0.2, 0) is 0 Å². The Morgan fingerprint density at radius 3 is 2.38 bits per heavy atom. The van der Waals surface area contributed by atoms with Gasteiger partial charge >= 0.3 is 0 Å². The zero-order chi connectivity index (χ0) is 11.7. The average molecular weight is 276 g/mol. The van der Waals surface area contributed by atoms with Gasteiger partial charge in [-0.1, -0.05) is 23.2 Å². The minimum absolute atomic E-state index is 0.0658. The van der Waals surface area contributed by atoms with Gasteiger partial charge in [-0.2, -0.15) is 0 Å². The van der Waals surface area contributed by atoms with Crippen molar-refractivity contribution in [1.82, 2.24) is 0 Å². The number of furan rings is 1. The monoisotopic (exact) mass is 274 g/mol. The summed E-state index contributed by atoms with van der Waals surface area (Å²) in [7, 11) is 0. The van der Waals surface area contributed by atoms with E-state index < -0.39 is 0 Å². The molecule has 0 bridgehead atoms. The van der Waals surface area contributed by atoms with E-state index in [9.17, 15) is 4.79 Å². The topological polar surface area (TPSA) is 30.2 Å². The highest BCUT2D eigenvalue weighted by Crippen LogP contribution is 2.26. The van der Waals surface area contributed by atoms with Crippen LogP contribution >= 0.6 is 34.8 Å². The number of hydrogen-bond acceptors (Lipinski definition) is 2. The van der Waals surface area contributed by atoms with E-state index in [0.29, 0.717) is 21.2 Å². The standard InChI is InChI=1S/C11H5Cl3O2/c12-8-2-1-6(5-9(8)13)10(15)7-3-4-16-11(7)14/h1-5H. The molecule has 0 amide bonds. The van der Waals surface area contributed by atoms with Crippen LogP contribution in [0.3, 0.4) is 0 Å². The third kappa shape index (κ3) is 2.09. The summed E-state index contributed by atoms with van der Waals surface area (Å²) in [6.45, 7) is 0. The molecule has 1 aromatic heterocycles. The van der Waals surface area contributed by atoms with E-state index in [2.05, 4.69) is 0 Å². The fourth-order valence-corrected chi connectivity index (χ4v) is 1.75. The number of benzene rings is 1. The number of carbonyl (C=O) groups excluding carboxylic acids is 1. The summed E-state index contributed by atoms with van der Waals surface area (Å²) in [6.07, 6.45) is 1.35. The summed E-state index contributed by atoms with van der Waals surface area (Å²) in [5.41, 5.74) is 0.720. The molecule has 0 saturated heterocycles. The minimum atomic E-state index is -0.252. The van der Waals surface area contributed by atoms with E-state index in [4.69, 9.17) is 39.2 Å². The van der Waals surface area contributed by atoms with Gasteiger partial charge in [-0.3, -0.25) is 4.79 Å². The zero-order valence-corrected chi connectivity index (χ0v) is 10.1. The lowest BCUT2D eigenvalue weighted by Gasteiger charge is -2.00. The third-order valence-electron chi connectivity index (χ3n) is 2.04. The summed E-state index contributed by atoms with van der Waals surface area (Å²) in [5.74, 6) is -0.252. The Balaban J connectivity index is 2.42. The normalized spacial score (nSPS) is 10.4. The van der Waals surface area contributed by atoms with E-state index in [0.717, 1.165) is 0 Å². The van der Waals surface area contributed by atoms with Crippen LogP contribution in [0.4, 0.5) is 0 Å². The van der Waals surface area contributed by atoms with Crippen molar-refractivity contribution >= 4 is 40.6 Å². The Bertz CT molecular complexity index is 546. The molecule has 0 fully saturated rings. The van der Waals surface area contributed by atoms with Crippen LogP contribution < -0.4 is 0 Å². The molecule has 0 saturated carbocycles. The highest BCUT2D eigenvalue weighted by molar-refractivity contribution is 6.42. The van der Waals surface area contributed by atoms with Gasteiger partial charge in [-0.15, -0.1) is 0 Å². The Hall–Kier alpha value is -0.960. The number of rotatable bonds is 2. The molecule has 0 radical (unpaired) electrons. The van der Waals surface area contributed by atoms with Crippen LogP contribution in [0.25, 0.3) is 0 Å². The Kier molecular flexibility index (Phi) is 3.24. The highest BCUT2D eigenvalue weighted by atomic mass is 35.5. The number of hydrogen-bond donors (Lipinski definition) is 0. The Morgan fingerprint density at radius 1 is 1.06 bits per heavy atom. The molecule has 1 heterocycles. The summed E-state index contributed by atoms with van der Waals surface area (Å²) < 4.78 is 4.85. The second-order valence-electron chi connectivity index (χ2n) is 3.07. The minimum Gasteiger partial charge on any atom is -0.452 e. The summed E-state index contributed by atoms with van der Waals surface area (Å²) in [4.78, 5) is 11.9. The van der Waals surface area contributed by atoms with Crippen LogP contribution in [-0.4, -0.2) is 5.78 Å². The number of carbonyl (C=O) groups is 1. The fraction of sp³-hybridized carbons (Fsp3) is 0. The Labute approximate surface area is 107 Å². The predicted octanol–water partition coefficient (Wildman–Crippen LogP) is 4.47. The van der Waals surface area contributed by atoms with Gasteiger partial charge in [0, 0.05) is 5.56 Å². The van der Waals surface area contributed by atoms with E-state index in [1.165, 1.54) is 18.4 Å². The van der Waals surface area contributed by atoms with Crippen molar-refractivity contribution in [2.75, 3.05) is 0 Å². The van der Waals surface area contributed by atoms with Crippen LogP contribution in [0.1, 0.15) is 15.9 Å². The largest absolute Gasteiger partial charge is 0.452 e. The molecule has 2 aromatic rings. The van der Waals surface area contributed by atoms with Gasteiger partial charge in [0.25, 0.3) is 0 Å². The van der Waals surface area contributed by atoms with E-state index in [-0.39, 0.29) is 11.0 Å². The van der Waals surface area contributed by atoms with E-state index in [1.54, 1.807) is 12.1 Å². The first-order valence-corrected chi connectivity index (χ1v) is 5.45. The van der Waals surface area contributed by atoms with Crippen molar-refractivity contribution in [2.45, 2.75) is 0 Å². The van der Waals surface area contributed by atoms with Gasteiger partial charge in [0.15, 0.2) is 5.78 Å². The van der Waals surface area contributed by atoms with Crippen molar-refractivity contribution in [2.24, 2.45) is 0 Å². The SMILES string of the molecule is O=C(c1ccc(Cl)c(Cl)c1)c1ccoc1Cl. The van der Waals surface area contributed by atoms with Crippen molar-refractivity contribution in [3.8, 4) is 0 Å². The Morgan fingerprint density at radius 2 is 1.81 bits per heavy atom. The van der Waals surface area contributed by atoms with Gasteiger partial charge in [-0.25, -0.2) is 0 Å². The summed E-state index contributed by atoms with van der Waals surface area (Å²) >= 11 is 17.3. The predicted molar refractivity (Wildman–Crippen MR) is 63.6 cm³/mol. The molecule has 0 spiro atoms. The van der Waals surface area contributed by atoms with Gasteiger partial charge < -0.3 is 4.42 Å². The maximum absolute atomic E-state index is 11.9. The van der Waals surface area contributed by atoms with Gasteiger partial charge in [-0.05, 0) is 35.9 Å². The molecule has 2 nitrogen and oxygen atoms in total. The number of ketones is 1. The van der Waals surface area contributed by atoms with Crippen LogP contribution in [0.15, 0.2) is 34.9 Å². The summed E-state index contributed by atoms with van der Waals surface area (Å²) in [5, 5.41) is 0.791. The van der Waals surface area contributed by atoms with Crippen molar-refractivity contribution in [3.05, 3.63) is 56.9 Å².